The highest BCUT2D eigenvalue weighted by Gasteiger charge is 2.29. The molecule has 0 aliphatic carbocycles. The number of halogens is 3. The van der Waals surface area contributed by atoms with Crippen molar-refractivity contribution in [3.05, 3.63) is 53.2 Å². The van der Waals surface area contributed by atoms with Gasteiger partial charge in [0.1, 0.15) is 11.9 Å². The largest absolute Gasteiger partial charge is 0.416 e. The Kier molecular flexibility index (Phi) is 3.98. The number of benzene rings is 1. The summed E-state index contributed by atoms with van der Waals surface area (Å²) >= 11 is 0. The fourth-order valence-corrected chi connectivity index (χ4v) is 1.69. The summed E-state index contributed by atoms with van der Waals surface area (Å²) in [5.41, 5.74) is 6.33. The molecule has 0 aliphatic heterocycles. The highest BCUT2D eigenvalue weighted by molar-refractivity contribution is 5.63. The number of anilines is 2. The summed E-state index contributed by atoms with van der Waals surface area (Å²) < 4.78 is 37.3. The molecule has 0 unspecified atom stereocenters. The van der Waals surface area contributed by atoms with Crippen LogP contribution in [0.25, 0.3) is 0 Å². The average Bonchev–Trinajstić information content (AvgIpc) is 2.45. The first-order valence-electron chi connectivity index (χ1n) is 5.96. The minimum Gasteiger partial charge on any atom is -0.396 e. The number of nitriles is 1. The molecule has 0 atom stereocenters. The van der Waals surface area contributed by atoms with Crippen molar-refractivity contribution in [2.45, 2.75) is 12.7 Å². The first kappa shape index (κ1) is 14.7. The van der Waals surface area contributed by atoms with Crippen LogP contribution in [-0.2, 0) is 12.7 Å². The third-order valence-electron chi connectivity index (χ3n) is 2.79. The lowest BCUT2D eigenvalue weighted by molar-refractivity contribution is -0.137. The molecule has 0 saturated heterocycles. The van der Waals surface area contributed by atoms with E-state index in [-0.39, 0.29) is 6.54 Å². The van der Waals surface area contributed by atoms with E-state index in [1.165, 1.54) is 24.4 Å². The molecular weight excluding hydrogens is 281 g/mol. The van der Waals surface area contributed by atoms with E-state index < -0.39 is 11.7 Å². The van der Waals surface area contributed by atoms with E-state index in [0.717, 1.165) is 12.1 Å². The number of hydrogen-bond donors (Lipinski definition) is 2. The molecule has 0 saturated carbocycles. The van der Waals surface area contributed by atoms with Gasteiger partial charge in [0.2, 0.25) is 0 Å². The van der Waals surface area contributed by atoms with Gasteiger partial charge in [0.15, 0.2) is 0 Å². The van der Waals surface area contributed by atoms with Crippen LogP contribution in [0, 0.1) is 11.3 Å². The lowest BCUT2D eigenvalue weighted by Gasteiger charge is -2.10. The van der Waals surface area contributed by atoms with E-state index in [2.05, 4.69) is 10.3 Å². The summed E-state index contributed by atoms with van der Waals surface area (Å²) in [6, 6.07) is 8.20. The predicted molar refractivity (Wildman–Crippen MR) is 72.1 cm³/mol. The molecule has 0 aliphatic rings. The molecule has 2 rings (SSSR count). The molecular formula is C14H11F3N4. The molecule has 7 heteroatoms. The first-order chi connectivity index (χ1) is 9.90. The van der Waals surface area contributed by atoms with Gasteiger partial charge in [0, 0.05) is 12.7 Å². The van der Waals surface area contributed by atoms with Crippen molar-refractivity contribution in [2.75, 3.05) is 11.1 Å². The minimum absolute atomic E-state index is 0.279. The standard InChI is InChI=1S/C14H11F3N4/c15-14(16,17)11-3-1-9(2-4-11)7-20-13-12(19)5-10(6-18)8-21-13/h1-5,8H,7,19H2,(H,20,21). The maximum absolute atomic E-state index is 12.4. The van der Waals surface area contributed by atoms with Crippen molar-refractivity contribution in [1.82, 2.24) is 4.98 Å². The van der Waals surface area contributed by atoms with Gasteiger partial charge in [-0.1, -0.05) is 12.1 Å². The van der Waals surface area contributed by atoms with Crippen molar-refractivity contribution < 1.29 is 13.2 Å². The Labute approximate surface area is 119 Å². The molecule has 21 heavy (non-hydrogen) atoms. The summed E-state index contributed by atoms with van der Waals surface area (Å²) in [7, 11) is 0. The zero-order chi connectivity index (χ0) is 15.5. The average molecular weight is 292 g/mol. The monoisotopic (exact) mass is 292 g/mol. The summed E-state index contributed by atoms with van der Waals surface area (Å²) in [6.45, 7) is 0.279. The number of hydrogen-bond acceptors (Lipinski definition) is 4. The number of nitrogens with zero attached hydrogens (tertiary/aromatic N) is 2. The van der Waals surface area contributed by atoms with Crippen LogP contribution in [0.15, 0.2) is 36.5 Å². The maximum atomic E-state index is 12.4. The third kappa shape index (κ3) is 3.63. The zero-order valence-electron chi connectivity index (χ0n) is 10.8. The number of nitrogens with one attached hydrogen (secondary N) is 1. The Bertz CT molecular complexity index is 672. The molecule has 1 heterocycles. The van der Waals surface area contributed by atoms with E-state index in [4.69, 9.17) is 11.0 Å². The van der Waals surface area contributed by atoms with Crippen LogP contribution in [0.5, 0.6) is 0 Å². The Balaban J connectivity index is 2.05. The highest BCUT2D eigenvalue weighted by atomic mass is 19.4. The van der Waals surface area contributed by atoms with Gasteiger partial charge < -0.3 is 11.1 Å². The Morgan fingerprint density at radius 1 is 1.24 bits per heavy atom. The van der Waals surface area contributed by atoms with E-state index >= 15 is 0 Å². The van der Waals surface area contributed by atoms with Crippen molar-refractivity contribution >= 4 is 11.5 Å². The number of rotatable bonds is 3. The molecule has 0 radical (unpaired) electrons. The lowest BCUT2D eigenvalue weighted by Crippen LogP contribution is -2.07. The van der Waals surface area contributed by atoms with E-state index in [1.807, 2.05) is 6.07 Å². The Morgan fingerprint density at radius 2 is 1.90 bits per heavy atom. The van der Waals surface area contributed by atoms with Crippen LogP contribution in [0.3, 0.4) is 0 Å². The summed E-state index contributed by atoms with van der Waals surface area (Å²) in [5.74, 6) is 0.383. The molecule has 1 aromatic carbocycles. The number of nitrogen functional groups attached to an aromatic ring is 1. The molecule has 1 aromatic heterocycles. The third-order valence-corrected chi connectivity index (χ3v) is 2.79. The highest BCUT2D eigenvalue weighted by Crippen LogP contribution is 2.29. The van der Waals surface area contributed by atoms with Crippen LogP contribution < -0.4 is 11.1 Å². The van der Waals surface area contributed by atoms with Gasteiger partial charge in [-0.05, 0) is 23.8 Å². The van der Waals surface area contributed by atoms with Crippen LogP contribution in [0.4, 0.5) is 24.7 Å². The number of pyridine rings is 1. The van der Waals surface area contributed by atoms with Crippen LogP contribution in [-0.4, -0.2) is 4.98 Å². The number of aromatic nitrogens is 1. The van der Waals surface area contributed by atoms with Crippen LogP contribution in [0.1, 0.15) is 16.7 Å². The second kappa shape index (κ2) is 5.71. The second-order valence-electron chi connectivity index (χ2n) is 4.32. The fourth-order valence-electron chi connectivity index (χ4n) is 1.69. The SMILES string of the molecule is N#Cc1cnc(NCc2ccc(C(F)(F)F)cc2)c(N)c1. The normalized spacial score (nSPS) is 11.0. The minimum atomic E-state index is -4.34. The quantitative estimate of drug-likeness (QED) is 0.911. The van der Waals surface area contributed by atoms with Gasteiger partial charge in [-0.3, -0.25) is 0 Å². The van der Waals surface area contributed by atoms with E-state index in [0.29, 0.717) is 22.6 Å². The molecule has 4 nitrogen and oxygen atoms in total. The van der Waals surface area contributed by atoms with Gasteiger partial charge in [-0.15, -0.1) is 0 Å². The summed E-state index contributed by atoms with van der Waals surface area (Å²) in [4.78, 5) is 3.98. The smallest absolute Gasteiger partial charge is 0.396 e. The Hall–Kier alpha value is -2.75. The number of alkyl halides is 3. The molecule has 0 amide bonds. The topological polar surface area (TPSA) is 74.7 Å². The van der Waals surface area contributed by atoms with Gasteiger partial charge in [0.25, 0.3) is 0 Å². The first-order valence-corrected chi connectivity index (χ1v) is 5.96. The molecule has 0 bridgehead atoms. The molecule has 2 aromatic rings. The van der Waals surface area contributed by atoms with Gasteiger partial charge in [-0.25, -0.2) is 4.98 Å². The van der Waals surface area contributed by atoms with Crippen molar-refractivity contribution in [3.8, 4) is 6.07 Å². The summed E-state index contributed by atoms with van der Waals surface area (Å²) in [6.07, 6.45) is -2.98. The van der Waals surface area contributed by atoms with Crippen molar-refractivity contribution in [2.24, 2.45) is 0 Å². The molecule has 3 N–H and O–H groups in total. The summed E-state index contributed by atoms with van der Waals surface area (Å²) in [5, 5.41) is 11.6. The van der Waals surface area contributed by atoms with Gasteiger partial charge in [0.05, 0.1) is 16.8 Å². The van der Waals surface area contributed by atoms with Crippen LogP contribution in [0.2, 0.25) is 0 Å². The zero-order valence-corrected chi connectivity index (χ0v) is 10.8. The Morgan fingerprint density at radius 3 is 2.43 bits per heavy atom. The number of nitrogens with two attached hydrogens (primary N) is 1. The van der Waals surface area contributed by atoms with Crippen molar-refractivity contribution in [3.63, 3.8) is 0 Å². The predicted octanol–water partition coefficient (Wildman–Crippen LogP) is 3.17. The molecule has 0 spiro atoms. The van der Waals surface area contributed by atoms with Crippen molar-refractivity contribution in [1.29, 1.82) is 5.26 Å². The second-order valence-corrected chi connectivity index (χ2v) is 4.32. The fraction of sp³-hybridized carbons (Fsp3) is 0.143. The lowest BCUT2D eigenvalue weighted by atomic mass is 10.1. The van der Waals surface area contributed by atoms with E-state index in [9.17, 15) is 13.2 Å². The molecule has 108 valence electrons. The maximum Gasteiger partial charge on any atom is 0.416 e. The van der Waals surface area contributed by atoms with Gasteiger partial charge >= 0.3 is 6.18 Å². The van der Waals surface area contributed by atoms with Gasteiger partial charge in [-0.2, -0.15) is 18.4 Å². The van der Waals surface area contributed by atoms with Crippen LogP contribution >= 0.6 is 0 Å². The molecule has 0 fully saturated rings. The van der Waals surface area contributed by atoms with E-state index in [1.54, 1.807) is 0 Å².